The van der Waals surface area contributed by atoms with Crippen LogP contribution in [0, 0.1) is 5.92 Å². The Kier molecular flexibility index (Phi) is 9.60. The number of halogens is 1. The number of piperidine rings is 1. The summed E-state index contributed by atoms with van der Waals surface area (Å²) in [5, 5.41) is 3.34. The molecule has 1 aliphatic heterocycles. The Morgan fingerprint density at radius 2 is 2.07 bits per heavy atom. The van der Waals surface area contributed by atoms with Crippen molar-refractivity contribution in [1.82, 2.24) is 19.8 Å². The van der Waals surface area contributed by atoms with Crippen LogP contribution in [0.25, 0.3) is 0 Å². The van der Waals surface area contributed by atoms with Gasteiger partial charge in [-0.2, -0.15) is 0 Å². The van der Waals surface area contributed by atoms with Crippen molar-refractivity contribution in [2.45, 2.75) is 31.6 Å². The summed E-state index contributed by atoms with van der Waals surface area (Å²) in [5.74, 6) is 1.67. The lowest BCUT2D eigenvalue weighted by Crippen LogP contribution is -2.49. The maximum absolute atomic E-state index is 12.3. The zero-order valence-electron chi connectivity index (χ0n) is 17.6. The number of rotatable bonds is 7. The second-order valence-corrected chi connectivity index (χ2v) is 9.88. The lowest BCUT2D eigenvalue weighted by molar-refractivity contribution is 0.189. The molecule has 0 radical (unpaired) electrons. The van der Waals surface area contributed by atoms with Gasteiger partial charge in [-0.15, -0.1) is 24.0 Å². The molecule has 166 valence electrons. The minimum absolute atomic E-state index is 0. The summed E-state index contributed by atoms with van der Waals surface area (Å²) in [6.07, 6.45) is 7.34. The number of likely N-dealkylation sites (tertiary alicyclic amines) is 1. The van der Waals surface area contributed by atoms with Gasteiger partial charge in [-0.1, -0.05) is 37.3 Å². The van der Waals surface area contributed by atoms with E-state index in [0.29, 0.717) is 24.9 Å². The van der Waals surface area contributed by atoms with Gasteiger partial charge >= 0.3 is 0 Å². The van der Waals surface area contributed by atoms with E-state index in [1.165, 1.54) is 0 Å². The molecular weight excluding hydrogens is 513 g/mol. The Balaban J connectivity index is 0.00000320. The number of imidazole rings is 1. The third kappa shape index (κ3) is 6.97. The predicted molar refractivity (Wildman–Crippen MR) is 132 cm³/mol. The number of nitrogens with zero attached hydrogens (tertiary/aromatic N) is 4. The normalized spacial score (nSPS) is 19.9. The number of nitrogens with one attached hydrogen (secondary N) is 1. The predicted octanol–water partition coefficient (Wildman–Crippen LogP) is 2.96. The molecule has 0 amide bonds. The van der Waals surface area contributed by atoms with Gasteiger partial charge in [0, 0.05) is 39.1 Å². The molecule has 1 N–H and O–H groups in total. The molecule has 2 unspecified atom stereocenters. The zero-order chi connectivity index (χ0) is 20.7. The van der Waals surface area contributed by atoms with Crippen LogP contribution >= 0.6 is 24.0 Å². The number of aliphatic imine (C=N–C) groups is 1. The lowest BCUT2D eigenvalue weighted by Gasteiger charge is -2.39. The van der Waals surface area contributed by atoms with Gasteiger partial charge in [-0.25, -0.2) is 13.4 Å². The third-order valence-corrected chi connectivity index (χ3v) is 7.17. The van der Waals surface area contributed by atoms with Crippen LogP contribution in [0.15, 0.2) is 54.0 Å². The van der Waals surface area contributed by atoms with Crippen molar-refractivity contribution in [2.75, 3.05) is 32.4 Å². The molecule has 1 aromatic carbocycles. The number of aromatic nitrogens is 2. The Morgan fingerprint density at radius 1 is 1.30 bits per heavy atom. The molecule has 30 heavy (non-hydrogen) atoms. The maximum Gasteiger partial charge on any atom is 0.193 e. The minimum atomic E-state index is -3.11. The van der Waals surface area contributed by atoms with Crippen LogP contribution in [0.3, 0.4) is 0 Å². The van der Waals surface area contributed by atoms with E-state index in [0.717, 1.165) is 31.0 Å². The fourth-order valence-electron chi connectivity index (χ4n) is 3.82. The fraction of sp³-hybridized carbons (Fsp3) is 0.524. The van der Waals surface area contributed by atoms with Gasteiger partial charge in [-0.05, 0) is 24.3 Å². The molecule has 0 bridgehead atoms. The standard InChI is InChI=1S/C21H31N5O2S.HI/c1-18-9-12-25(15-20(18)26-13-11-23-17-26)21(22-2)24-10-6-14-29(27,28)16-19-7-4-3-5-8-19;/h3-5,7-8,11,13,17-18,20H,6,9-10,12,14-16H2,1-2H3,(H,22,24);1H. The molecule has 2 aromatic rings. The van der Waals surface area contributed by atoms with Gasteiger partial charge in [0.25, 0.3) is 0 Å². The molecule has 2 atom stereocenters. The minimum Gasteiger partial charge on any atom is -0.356 e. The van der Waals surface area contributed by atoms with Gasteiger partial charge in [0.15, 0.2) is 15.8 Å². The van der Waals surface area contributed by atoms with Gasteiger partial charge in [0.05, 0.1) is 23.9 Å². The molecule has 2 heterocycles. The van der Waals surface area contributed by atoms with E-state index < -0.39 is 9.84 Å². The summed E-state index contributed by atoms with van der Waals surface area (Å²) >= 11 is 0. The van der Waals surface area contributed by atoms with E-state index in [-0.39, 0.29) is 35.5 Å². The van der Waals surface area contributed by atoms with Crippen molar-refractivity contribution in [3.8, 4) is 0 Å². The topological polar surface area (TPSA) is 79.6 Å². The van der Waals surface area contributed by atoms with Crippen LogP contribution < -0.4 is 5.32 Å². The van der Waals surface area contributed by atoms with Gasteiger partial charge < -0.3 is 14.8 Å². The molecule has 1 aliphatic rings. The molecule has 3 rings (SSSR count). The van der Waals surface area contributed by atoms with Crippen molar-refractivity contribution >= 4 is 39.8 Å². The Hall–Kier alpha value is -1.62. The number of sulfone groups is 1. The van der Waals surface area contributed by atoms with E-state index in [1.807, 2.05) is 49.1 Å². The first-order valence-electron chi connectivity index (χ1n) is 10.2. The molecular formula is C21H32IN5O2S. The average Bonchev–Trinajstić information content (AvgIpc) is 3.24. The molecule has 1 fully saturated rings. The molecule has 1 saturated heterocycles. The Labute approximate surface area is 196 Å². The summed E-state index contributed by atoms with van der Waals surface area (Å²) in [7, 11) is -1.34. The first-order valence-corrected chi connectivity index (χ1v) is 12.0. The SMILES string of the molecule is CN=C(NCCCS(=O)(=O)Cc1ccccc1)N1CCC(C)C(n2ccnc2)C1.I. The van der Waals surface area contributed by atoms with Crippen molar-refractivity contribution in [1.29, 1.82) is 0 Å². The van der Waals surface area contributed by atoms with Crippen molar-refractivity contribution < 1.29 is 8.42 Å². The van der Waals surface area contributed by atoms with Crippen LogP contribution in [0.2, 0.25) is 0 Å². The van der Waals surface area contributed by atoms with Crippen LogP contribution in [0.5, 0.6) is 0 Å². The van der Waals surface area contributed by atoms with E-state index >= 15 is 0 Å². The zero-order valence-corrected chi connectivity index (χ0v) is 20.8. The number of benzene rings is 1. The summed E-state index contributed by atoms with van der Waals surface area (Å²) in [6.45, 7) is 4.67. The lowest BCUT2D eigenvalue weighted by atomic mass is 9.93. The molecule has 0 aliphatic carbocycles. The quantitative estimate of drug-likeness (QED) is 0.251. The second kappa shape index (κ2) is 11.7. The number of hydrogen-bond acceptors (Lipinski definition) is 4. The first kappa shape index (κ1) is 24.6. The van der Waals surface area contributed by atoms with Gasteiger partial charge in [-0.3, -0.25) is 4.99 Å². The summed E-state index contributed by atoms with van der Waals surface area (Å²) < 4.78 is 26.9. The van der Waals surface area contributed by atoms with Crippen molar-refractivity contribution in [2.24, 2.45) is 10.9 Å². The first-order chi connectivity index (χ1) is 14.0. The number of guanidine groups is 1. The summed E-state index contributed by atoms with van der Waals surface area (Å²) in [4.78, 5) is 10.8. The van der Waals surface area contributed by atoms with Crippen LogP contribution in [-0.2, 0) is 15.6 Å². The van der Waals surface area contributed by atoms with Crippen LogP contribution in [0.4, 0.5) is 0 Å². The van der Waals surface area contributed by atoms with E-state index in [1.54, 1.807) is 7.05 Å². The van der Waals surface area contributed by atoms with Crippen LogP contribution in [-0.4, -0.2) is 61.3 Å². The highest BCUT2D eigenvalue weighted by atomic mass is 127. The smallest absolute Gasteiger partial charge is 0.193 e. The van der Waals surface area contributed by atoms with Gasteiger partial charge in [0.1, 0.15) is 0 Å². The third-order valence-electron chi connectivity index (χ3n) is 5.48. The van der Waals surface area contributed by atoms with Gasteiger partial charge in [0.2, 0.25) is 0 Å². The molecule has 1 aromatic heterocycles. The second-order valence-electron chi connectivity index (χ2n) is 7.69. The summed E-state index contributed by atoms with van der Waals surface area (Å²) in [6, 6.07) is 9.69. The van der Waals surface area contributed by atoms with E-state index in [2.05, 4.69) is 31.7 Å². The molecule has 7 nitrogen and oxygen atoms in total. The molecule has 0 spiro atoms. The largest absolute Gasteiger partial charge is 0.356 e. The number of hydrogen-bond donors (Lipinski definition) is 1. The van der Waals surface area contributed by atoms with Crippen LogP contribution in [0.1, 0.15) is 31.4 Å². The molecule has 9 heteroatoms. The molecule has 0 saturated carbocycles. The maximum atomic E-state index is 12.3. The Morgan fingerprint density at radius 3 is 2.73 bits per heavy atom. The van der Waals surface area contributed by atoms with Crippen molar-refractivity contribution in [3.63, 3.8) is 0 Å². The highest BCUT2D eigenvalue weighted by Gasteiger charge is 2.28. The highest BCUT2D eigenvalue weighted by molar-refractivity contribution is 14.0. The highest BCUT2D eigenvalue weighted by Crippen LogP contribution is 2.27. The van der Waals surface area contributed by atoms with E-state index in [9.17, 15) is 8.42 Å². The van der Waals surface area contributed by atoms with Crippen molar-refractivity contribution in [3.05, 3.63) is 54.6 Å². The monoisotopic (exact) mass is 545 g/mol. The fourth-order valence-corrected chi connectivity index (χ4v) is 5.25. The summed E-state index contributed by atoms with van der Waals surface area (Å²) in [5.41, 5.74) is 0.837. The Bertz CT molecular complexity index is 887. The average molecular weight is 545 g/mol. The van der Waals surface area contributed by atoms with E-state index in [4.69, 9.17) is 0 Å².